The molecule has 0 fully saturated rings. The van der Waals surface area contributed by atoms with Crippen molar-refractivity contribution in [2.45, 2.75) is 25.3 Å². The predicted molar refractivity (Wildman–Crippen MR) is 75.5 cm³/mol. The molecule has 2 aromatic rings. The molecule has 1 N–H and O–H groups in total. The normalized spacial score (nSPS) is 17.9. The van der Waals surface area contributed by atoms with Crippen LogP contribution in [0, 0.1) is 0 Å². The highest BCUT2D eigenvalue weighted by atomic mass is 16.5. The largest absolute Gasteiger partial charge is 0.497 e. The van der Waals surface area contributed by atoms with Crippen LogP contribution >= 0.6 is 0 Å². The summed E-state index contributed by atoms with van der Waals surface area (Å²) in [7, 11) is 3.65. The lowest BCUT2D eigenvalue weighted by atomic mass is 9.87. The van der Waals surface area contributed by atoms with Crippen molar-refractivity contribution in [3.8, 4) is 5.75 Å². The molecule has 1 aliphatic rings. The van der Waals surface area contributed by atoms with Crippen LogP contribution in [0.25, 0.3) is 0 Å². The quantitative estimate of drug-likeness (QED) is 0.919. The van der Waals surface area contributed by atoms with Gasteiger partial charge in [-0.15, -0.1) is 0 Å². The van der Waals surface area contributed by atoms with Crippen molar-refractivity contribution in [1.82, 2.24) is 9.78 Å². The molecule has 1 heterocycles. The number of aryl methyl sites for hydroxylation is 2. The van der Waals surface area contributed by atoms with Crippen molar-refractivity contribution < 1.29 is 4.74 Å². The second-order valence-electron chi connectivity index (χ2n) is 5.03. The number of aromatic nitrogens is 2. The molecule has 0 bridgehead atoms. The van der Waals surface area contributed by atoms with E-state index in [-0.39, 0.29) is 0 Å². The maximum atomic E-state index is 5.30. The fourth-order valence-corrected chi connectivity index (χ4v) is 2.74. The average molecular weight is 257 g/mol. The first kappa shape index (κ1) is 12.1. The molecule has 0 spiro atoms. The van der Waals surface area contributed by atoms with Crippen LogP contribution in [-0.2, 0) is 13.5 Å². The van der Waals surface area contributed by atoms with Crippen LogP contribution in [0.4, 0.5) is 5.82 Å². The number of hydrogen-bond donors (Lipinski definition) is 1. The molecular weight excluding hydrogens is 238 g/mol. The number of ether oxygens (including phenoxy) is 1. The second kappa shape index (κ2) is 4.96. The summed E-state index contributed by atoms with van der Waals surface area (Å²) in [4.78, 5) is 0. The lowest BCUT2D eigenvalue weighted by molar-refractivity contribution is 0.413. The van der Waals surface area contributed by atoms with Gasteiger partial charge in [0.05, 0.1) is 13.2 Å². The predicted octanol–water partition coefficient (Wildman–Crippen LogP) is 2.92. The molecule has 0 saturated heterocycles. The highest BCUT2D eigenvalue weighted by molar-refractivity contribution is 5.44. The zero-order chi connectivity index (χ0) is 13.2. The van der Waals surface area contributed by atoms with E-state index in [9.17, 15) is 0 Å². The number of hydrogen-bond acceptors (Lipinski definition) is 3. The fourth-order valence-electron chi connectivity index (χ4n) is 2.74. The van der Waals surface area contributed by atoms with Crippen LogP contribution in [0.15, 0.2) is 30.5 Å². The Bertz CT molecular complexity index is 577. The van der Waals surface area contributed by atoms with Crippen LogP contribution in [0.2, 0.25) is 0 Å². The molecule has 0 saturated carbocycles. The minimum Gasteiger partial charge on any atom is -0.497 e. The van der Waals surface area contributed by atoms with Gasteiger partial charge in [0, 0.05) is 19.3 Å². The van der Waals surface area contributed by atoms with E-state index in [2.05, 4.69) is 22.5 Å². The van der Waals surface area contributed by atoms with Crippen molar-refractivity contribution in [3.63, 3.8) is 0 Å². The SMILES string of the molecule is COc1ccc2c(c1)CCCC2Nc1ccn(C)n1. The van der Waals surface area contributed by atoms with Crippen molar-refractivity contribution in [2.75, 3.05) is 12.4 Å². The minimum absolute atomic E-state index is 0.351. The number of methoxy groups -OCH3 is 1. The van der Waals surface area contributed by atoms with E-state index >= 15 is 0 Å². The maximum absolute atomic E-state index is 5.30. The van der Waals surface area contributed by atoms with E-state index in [0.29, 0.717) is 6.04 Å². The molecule has 0 radical (unpaired) electrons. The molecule has 1 unspecified atom stereocenters. The Kier molecular flexibility index (Phi) is 3.15. The maximum Gasteiger partial charge on any atom is 0.148 e. The summed E-state index contributed by atoms with van der Waals surface area (Å²) in [6.07, 6.45) is 5.44. The topological polar surface area (TPSA) is 39.1 Å². The number of nitrogens with one attached hydrogen (secondary N) is 1. The smallest absolute Gasteiger partial charge is 0.148 e. The van der Waals surface area contributed by atoms with Crippen LogP contribution in [0.3, 0.4) is 0 Å². The summed E-state index contributed by atoms with van der Waals surface area (Å²) in [5.74, 6) is 1.88. The van der Waals surface area contributed by atoms with Gasteiger partial charge >= 0.3 is 0 Å². The van der Waals surface area contributed by atoms with E-state index in [4.69, 9.17) is 4.74 Å². The lowest BCUT2D eigenvalue weighted by Gasteiger charge is -2.26. The summed E-state index contributed by atoms with van der Waals surface area (Å²) in [6.45, 7) is 0. The van der Waals surface area contributed by atoms with Crippen LogP contribution < -0.4 is 10.1 Å². The van der Waals surface area contributed by atoms with Gasteiger partial charge in [-0.25, -0.2) is 0 Å². The van der Waals surface area contributed by atoms with Gasteiger partial charge in [0.1, 0.15) is 11.6 Å². The van der Waals surface area contributed by atoms with Gasteiger partial charge in [0.15, 0.2) is 0 Å². The second-order valence-corrected chi connectivity index (χ2v) is 5.03. The number of rotatable bonds is 3. The van der Waals surface area contributed by atoms with Crippen LogP contribution in [-0.4, -0.2) is 16.9 Å². The van der Waals surface area contributed by atoms with Gasteiger partial charge in [-0.3, -0.25) is 4.68 Å². The number of anilines is 1. The first-order valence-electron chi connectivity index (χ1n) is 6.69. The molecule has 1 aliphatic carbocycles. The van der Waals surface area contributed by atoms with Gasteiger partial charge in [-0.2, -0.15) is 5.10 Å². The zero-order valence-corrected chi connectivity index (χ0v) is 11.4. The number of fused-ring (bicyclic) bond motifs is 1. The third-order valence-electron chi connectivity index (χ3n) is 3.70. The third-order valence-corrected chi connectivity index (χ3v) is 3.70. The molecule has 1 aromatic heterocycles. The molecule has 4 nitrogen and oxygen atoms in total. The van der Waals surface area contributed by atoms with Crippen LogP contribution in [0.5, 0.6) is 5.75 Å². The standard InChI is InChI=1S/C15H19N3O/c1-18-9-8-15(17-18)16-14-5-3-4-11-10-12(19-2)6-7-13(11)14/h6-10,14H,3-5H2,1-2H3,(H,16,17). The molecule has 100 valence electrons. The molecule has 0 aliphatic heterocycles. The third kappa shape index (κ3) is 2.43. The highest BCUT2D eigenvalue weighted by Gasteiger charge is 2.21. The first-order chi connectivity index (χ1) is 9.26. The van der Waals surface area contributed by atoms with Gasteiger partial charge in [-0.1, -0.05) is 6.07 Å². The van der Waals surface area contributed by atoms with E-state index in [0.717, 1.165) is 24.4 Å². The Labute approximate surface area is 113 Å². The summed E-state index contributed by atoms with van der Waals surface area (Å²) < 4.78 is 7.12. The minimum atomic E-state index is 0.351. The molecule has 1 atom stereocenters. The van der Waals surface area contributed by atoms with E-state index < -0.39 is 0 Å². The van der Waals surface area contributed by atoms with Crippen molar-refractivity contribution in [2.24, 2.45) is 7.05 Å². The van der Waals surface area contributed by atoms with Crippen molar-refractivity contribution >= 4 is 5.82 Å². The Balaban J connectivity index is 1.85. The summed E-state index contributed by atoms with van der Waals surface area (Å²) in [5, 5.41) is 7.91. The molecule has 0 amide bonds. The van der Waals surface area contributed by atoms with Crippen molar-refractivity contribution in [1.29, 1.82) is 0 Å². The van der Waals surface area contributed by atoms with Crippen molar-refractivity contribution in [3.05, 3.63) is 41.6 Å². The lowest BCUT2D eigenvalue weighted by Crippen LogP contribution is -2.17. The Morgan fingerprint density at radius 2 is 2.26 bits per heavy atom. The van der Waals surface area contributed by atoms with Gasteiger partial charge < -0.3 is 10.1 Å². The van der Waals surface area contributed by atoms with Crippen LogP contribution in [0.1, 0.15) is 30.0 Å². The Hall–Kier alpha value is -1.97. The first-order valence-corrected chi connectivity index (χ1v) is 6.69. The summed E-state index contributed by atoms with van der Waals surface area (Å²) in [5.41, 5.74) is 2.76. The molecule has 3 rings (SSSR count). The van der Waals surface area contributed by atoms with E-state index in [1.54, 1.807) is 7.11 Å². The monoisotopic (exact) mass is 257 g/mol. The van der Waals surface area contributed by atoms with E-state index in [1.165, 1.54) is 17.5 Å². The highest BCUT2D eigenvalue weighted by Crippen LogP contribution is 2.34. The average Bonchev–Trinajstić information content (AvgIpc) is 2.84. The molecular formula is C15H19N3O. The molecule has 19 heavy (non-hydrogen) atoms. The zero-order valence-electron chi connectivity index (χ0n) is 11.4. The number of benzene rings is 1. The summed E-state index contributed by atoms with van der Waals surface area (Å²) >= 11 is 0. The fraction of sp³-hybridized carbons (Fsp3) is 0.400. The molecule has 4 heteroatoms. The van der Waals surface area contributed by atoms with Gasteiger partial charge in [-0.05, 0) is 42.5 Å². The van der Waals surface area contributed by atoms with E-state index in [1.807, 2.05) is 30.1 Å². The Morgan fingerprint density at radius 3 is 3.00 bits per heavy atom. The molecule has 1 aromatic carbocycles. The number of nitrogens with zero attached hydrogens (tertiary/aromatic N) is 2. The van der Waals surface area contributed by atoms with Gasteiger partial charge in [0.2, 0.25) is 0 Å². The Morgan fingerprint density at radius 1 is 1.37 bits per heavy atom. The van der Waals surface area contributed by atoms with Gasteiger partial charge in [0.25, 0.3) is 0 Å². The summed E-state index contributed by atoms with van der Waals surface area (Å²) in [6, 6.07) is 8.73.